The Hall–Kier alpha value is -1.36. The molecule has 1 fully saturated rings. The van der Waals surface area contributed by atoms with Gasteiger partial charge in [0.1, 0.15) is 5.69 Å². The van der Waals surface area contributed by atoms with E-state index in [1.807, 2.05) is 0 Å². The number of nitrogens with zero attached hydrogens (tertiary/aromatic N) is 2. The molecule has 0 radical (unpaired) electrons. The monoisotopic (exact) mass is 265 g/mol. The quantitative estimate of drug-likeness (QED) is 0.904. The lowest BCUT2D eigenvalue weighted by molar-refractivity contribution is 0.248. The molecule has 2 N–H and O–H groups in total. The zero-order valence-corrected chi connectivity index (χ0v) is 11.9. The van der Waals surface area contributed by atoms with Crippen LogP contribution in [0, 0.1) is 11.8 Å². The SMILES string of the molecule is COc1cnc(C(N)C2CCC(C)CC2)c(OC)n1. The summed E-state index contributed by atoms with van der Waals surface area (Å²) >= 11 is 0. The molecule has 1 aliphatic carbocycles. The van der Waals surface area contributed by atoms with E-state index >= 15 is 0 Å². The van der Waals surface area contributed by atoms with Gasteiger partial charge in [0.2, 0.25) is 11.8 Å². The van der Waals surface area contributed by atoms with Gasteiger partial charge in [-0.3, -0.25) is 0 Å². The summed E-state index contributed by atoms with van der Waals surface area (Å²) in [6.07, 6.45) is 6.39. The van der Waals surface area contributed by atoms with Crippen molar-refractivity contribution in [3.8, 4) is 11.8 Å². The number of rotatable bonds is 4. The van der Waals surface area contributed by atoms with Crippen molar-refractivity contribution in [1.29, 1.82) is 0 Å². The highest BCUT2D eigenvalue weighted by atomic mass is 16.5. The lowest BCUT2D eigenvalue weighted by Crippen LogP contribution is -2.27. The lowest BCUT2D eigenvalue weighted by Gasteiger charge is -2.30. The molecule has 1 heterocycles. The highest BCUT2D eigenvalue weighted by Gasteiger charge is 2.28. The van der Waals surface area contributed by atoms with Crippen molar-refractivity contribution in [2.75, 3.05) is 14.2 Å². The zero-order chi connectivity index (χ0) is 13.8. The Kier molecular flexibility index (Phi) is 4.58. The fraction of sp³-hybridized carbons (Fsp3) is 0.714. The van der Waals surface area contributed by atoms with Crippen LogP contribution in [-0.2, 0) is 0 Å². The van der Waals surface area contributed by atoms with Crippen LogP contribution >= 0.6 is 0 Å². The van der Waals surface area contributed by atoms with Gasteiger partial charge in [-0.05, 0) is 24.7 Å². The smallest absolute Gasteiger partial charge is 0.240 e. The summed E-state index contributed by atoms with van der Waals surface area (Å²) in [5.74, 6) is 2.20. The van der Waals surface area contributed by atoms with Crippen molar-refractivity contribution in [2.45, 2.75) is 38.6 Å². The Bertz CT molecular complexity index is 417. The van der Waals surface area contributed by atoms with E-state index in [1.165, 1.54) is 12.8 Å². The van der Waals surface area contributed by atoms with Gasteiger partial charge in [-0.1, -0.05) is 19.8 Å². The number of hydrogen-bond donors (Lipinski definition) is 1. The Morgan fingerprint density at radius 3 is 2.47 bits per heavy atom. The van der Waals surface area contributed by atoms with Crippen molar-refractivity contribution in [3.63, 3.8) is 0 Å². The van der Waals surface area contributed by atoms with Crippen LogP contribution in [-0.4, -0.2) is 24.2 Å². The first-order valence-electron chi connectivity index (χ1n) is 6.86. The largest absolute Gasteiger partial charge is 0.480 e. The molecule has 5 heteroatoms. The van der Waals surface area contributed by atoms with Crippen molar-refractivity contribution in [3.05, 3.63) is 11.9 Å². The van der Waals surface area contributed by atoms with Gasteiger partial charge in [0.25, 0.3) is 0 Å². The highest BCUT2D eigenvalue weighted by Crippen LogP contribution is 2.37. The van der Waals surface area contributed by atoms with E-state index in [0.717, 1.165) is 24.5 Å². The van der Waals surface area contributed by atoms with Gasteiger partial charge in [-0.15, -0.1) is 0 Å². The first-order chi connectivity index (χ1) is 9.15. The second-order valence-corrected chi connectivity index (χ2v) is 5.35. The second-order valence-electron chi connectivity index (χ2n) is 5.35. The summed E-state index contributed by atoms with van der Waals surface area (Å²) in [4.78, 5) is 8.63. The molecule has 1 aliphatic rings. The first kappa shape index (κ1) is 14.1. The standard InChI is InChI=1S/C14H23N3O2/c1-9-4-6-10(7-5-9)12(15)13-14(19-3)17-11(18-2)8-16-13/h8-10,12H,4-7,15H2,1-3H3. The third kappa shape index (κ3) is 3.15. The van der Waals surface area contributed by atoms with E-state index in [0.29, 0.717) is 17.7 Å². The maximum absolute atomic E-state index is 6.36. The number of ether oxygens (including phenoxy) is 2. The van der Waals surface area contributed by atoms with E-state index in [9.17, 15) is 0 Å². The molecule has 1 saturated carbocycles. The summed E-state index contributed by atoms with van der Waals surface area (Å²) < 4.78 is 10.3. The minimum atomic E-state index is -0.110. The summed E-state index contributed by atoms with van der Waals surface area (Å²) in [7, 11) is 3.15. The van der Waals surface area contributed by atoms with Crippen LogP contribution in [0.25, 0.3) is 0 Å². The van der Waals surface area contributed by atoms with Gasteiger partial charge in [0, 0.05) is 0 Å². The molecule has 1 aromatic rings. The molecule has 2 rings (SSSR count). The van der Waals surface area contributed by atoms with Crippen molar-refractivity contribution in [1.82, 2.24) is 9.97 Å². The van der Waals surface area contributed by atoms with Gasteiger partial charge in [-0.25, -0.2) is 4.98 Å². The Morgan fingerprint density at radius 2 is 1.89 bits per heavy atom. The van der Waals surface area contributed by atoms with Crippen LogP contribution in [0.1, 0.15) is 44.3 Å². The molecule has 0 aliphatic heterocycles. The van der Waals surface area contributed by atoms with Crippen LogP contribution in [0.2, 0.25) is 0 Å². The highest BCUT2D eigenvalue weighted by molar-refractivity contribution is 5.26. The number of nitrogens with two attached hydrogens (primary N) is 1. The maximum Gasteiger partial charge on any atom is 0.240 e. The van der Waals surface area contributed by atoms with E-state index in [-0.39, 0.29) is 6.04 Å². The van der Waals surface area contributed by atoms with Crippen molar-refractivity contribution >= 4 is 0 Å². The number of aromatic nitrogens is 2. The maximum atomic E-state index is 6.36. The predicted octanol–water partition coefficient (Wildman–Crippen LogP) is 2.32. The summed E-state index contributed by atoms with van der Waals surface area (Å²) in [5, 5.41) is 0. The number of methoxy groups -OCH3 is 2. The minimum absolute atomic E-state index is 0.110. The van der Waals surface area contributed by atoms with Crippen LogP contribution in [0.4, 0.5) is 0 Å². The topological polar surface area (TPSA) is 70.3 Å². The van der Waals surface area contributed by atoms with Crippen LogP contribution in [0.3, 0.4) is 0 Å². The fourth-order valence-electron chi connectivity index (χ4n) is 2.71. The Balaban J connectivity index is 2.16. The molecule has 0 bridgehead atoms. The lowest BCUT2D eigenvalue weighted by atomic mass is 9.78. The van der Waals surface area contributed by atoms with Gasteiger partial charge in [-0.2, -0.15) is 4.98 Å². The third-order valence-corrected chi connectivity index (χ3v) is 4.03. The molecule has 1 atom stereocenters. The molecule has 1 aromatic heterocycles. The fourth-order valence-corrected chi connectivity index (χ4v) is 2.71. The molecular weight excluding hydrogens is 242 g/mol. The van der Waals surface area contributed by atoms with Crippen LogP contribution in [0.5, 0.6) is 11.8 Å². The van der Waals surface area contributed by atoms with Gasteiger partial charge >= 0.3 is 0 Å². The summed E-state index contributed by atoms with van der Waals surface area (Å²) in [6.45, 7) is 2.30. The predicted molar refractivity (Wildman–Crippen MR) is 73.2 cm³/mol. The number of hydrogen-bond acceptors (Lipinski definition) is 5. The molecule has 1 unspecified atom stereocenters. The molecule has 0 amide bonds. The van der Waals surface area contributed by atoms with Gasteiger partial charge < -0.3 is 15.2 Å². The van der Waals surface area contributed by atoms with E-state index in [4.69, 9.17) is 15.2 Å². The van der Waals surface area contributed by atoms with Crippen molar-refractivity contribution in [2.24, 2.45) is 17.6 Å². The molecular formula is C14H23N3O2. The zero-order valence-electron chi connectivity index (χ0n) is 11.9. The second kappa shape index (κ2) is 6.19. The Labute approximate surface area is 114 Å². The summed E-state index contributed by atoms with van der Waals surface area (Å²) in [6, 6.07) is -0.110. The average molecular weight is 265 g/mol. The van der Waals surface area contributed by atoms with Crippen molar-refractivity contribution < 1.29 is 9.47 Å². The van der Waals surface area contributed by atoms with Crippen LogP contribution in [0.15, 0.2) is 6.20 Å². The van der Waals surface area contributed by atoms with E-state index < -0.39 is 0 Å². The summed E-state index contributed by atoms with van der Waals surface area (Å²) in [5.41, 5.74) is 7.10. The molecule has 106 valence electrons. The molecule has 5 nitrogen and oxygen atoms in total. The minimum Gasteiger partial charge on any atom is -0.480 e. The normalized spacial score (nSPS) is 24.8. The van der Waals surface area contributed by atoms with Gasteiger partial charge in [0.05, 0.1) is 26.5 Å². The Morgan fingerprint density at radius 1 is 1.21 bits per heavy atom. The van der Waals surface area contributed by atoms with E-state index in [2.05, 4.69) is 16.9 Å². The molecule has 0 saturated heterocycles. The molecule has 19 heavy (non-hydrogen) atoms. The molecule has 0 aromatic carbocycles. The van der Waals surface area contributed by atoms with Gasteiger partial charge in [0.15, 0.2) is 0 Å². The van der Waals surface area contributed by atoms with E-state index in [1.54, 1.807) is 20.4 Å². The van der Waals surface area contributed by atoms with Crippen LogP contribution < -0.4 is 15.2 Å². The first-order valence-corrected chi connectivity index (χ1v) is 6.86. The third-order valence-electron chi connectivity index (χ3n) is 4.03. The average Bonchev–Trinajstić information content (AvgIpc) is 2.46. The molecule has 0 spiro atoms.